The molecule has 0 bridgehead atoms. The van der Waals surface area contributed by atoms with Gasteiger partial charge in [-0.2, -0.15) is 0 Å². The number of ether oxygens (including phenoxy) is 1. The third kappa shape index (κ3) is 7.52. The molecule has 0 aliphatic rings. The lowest BCUT2D eigenvalue weighted by atomic mass is 10.2. The second kappa shape index (κ2) is 6.64. The fourth-order valence-corrected chi connectivity index (χ4v) is 0.522. The molecule has 0 atom stereocenters. The highest BCUT2D eigenvalue weighted by Gasteiger charge is 1.89. The molecule has 0 aromatic heterocycles. The first-order valence-electron chi connectivity index (χ1n) is 3.80. The van der Waals surface area contributed by atoms with Gasteiger partial charge in [0.25, 0.3) is 0 Å². The second-order valence-corrected chi connectivity index (χ2v) is 2.62. The molecule has 0 saturated carbocycles. The number of hydrogen-bond acceptors (Lipinski definition) is 1. The van der Waals surface area contributed by atoms with E-state index >= 15 is 0 Å². The van der Waals surface area contributed by atoms with Crippen molar-refractivity contribution in [2.75, 3.05) is 13.2 Å². The van der Waals surface area contributed by atoms with Gasteiger partial charge in [0.2, 0.25) is 0 Å². The Morgan fingerprint density at radius 1 is 1.30 bits per heavy atom. The van der Waals surface area contributed by atoms with Crippen molar-refractivity contribution < 1.29 is 4.74 Å². The molecule has 0 spiro atoms. The van der Waals surface area contributed by atoms with E-state index in [1.807, 2.05) is 6.92 Å². The van der Waals surface area contributed by atoms with Crippen LogP contribution in [-0.4, -0.2) is 13.2 Å². The molecule has 0 rings (SSSR count). The summed E-state index contributed by atoms with van der Waals surface area (Å²) in [5, 5.41) is 0. The van der Waals surface area contributed by atoms with Crippen LogP contribution >= 0.6 is 0 Å². The van der Waals surface area contributed by atoms with Gasteiger partial charge in [-0.15, -0.1) is 5.92 Å². The van der Waals surface area contributed by atoms with Crippen molar-refractivity contribution in [3.63, 3.8) is 0 Å². The molecule has 10 heavy (non-hydrogen) atoms. The van der Waals surface area contributed by atoms with Crippen LogP contribution < -0.4 is 0 Å². The molecule has 58 valence electrons. The Morgan fingerprint density at radius 3 is 2.50 bits per heavy atom. The van der Waals surface area contributed by atoms with Gasteiger partial charge in [0.1, 0.15) is 6.61 Å². The molecule has 0 unspecified atom stereocenters. The summed E-state index contributed by atoms with van der Waals surface area (Å²) in [7, 11) is 0. The molecular weight excluding hydrogens is 124 g/mol. The molecule has 0 N–H and O–H groups in total. The quantitative estimate of drug-likeness (QED) is 0.431. The molecule has 0 heterocycles. The first-order chi connectivity index (χ1) is 4.77. The summed E-state index contributed by atoms with van der Waals surface area (Å²) in [5.41, 5.74) is 0. The highest BCUT2D eigenvalue weighted by atomic mass is 16.5. The van der Waals surface area contributed by atoms with E-state index in [0.717, 1.165) is 13.0 Å². The lowest BCUT2D eigenvalue weighted by Gasteiger charge is -2.01. The molecule has 0 aromatic carbocycles. The van der Waals surface area contributed by atoms with E-state index < -0.39 is 0 Å². The van der Waals surface area contributed by atoms with Crippen molar-refractivity contribution in [1.29, 1.82) is 0 Å². The third-order valence-corrected chi connectivity index (χ3v) is 0.927. The van der Waals surface area contributed by atoms with Crippen LogP contribution in [0.3, 0.4) is 0 Å². The highest BCUT2D eigenvalue weighted by molar-refractivity contribution is 4.97. The second-order valence-electron chi connectivity index (χ2n) is 2.62. The van der Waals surface area contributed by atoms with Gasteiger partial charge >= 0.3 is 0 Å². The van der Waals surface area contributed by atoms with Crippen LogP contribution in [0.2, 0.25) is 0 Å². The van der Waals surface area contributed by atoms with Crippen molar-refractivity contribution in [3.05, 3.63) is 0 Å². The molecule has 0 aliphatic heterocycles. The molecular formula is C9H16O. The Balaban J connectivity index is 3.05. The fourth-order valence-electron chi connectivity index (χ4n) is 0.522. The Kier molecular flexibility index (Phi) is 6.32. The molecule has 0 radical (unpaired) electrons. The van der Waals surface area contributed by atoms with Crippen molar-refractivity contribution in [2.45, 2.75) is 27.2 Å². The standard InChI is InChI=1S/C9H16O/c1-4-5-6-7-10-8-9(2)3/h9H,4,7-8H2,1-3H3. The van der Waals surface area contributed by atoms with Gasteiger partial charge in [0.05, 0.1) is 6.61 Å². The van der Waals surface area contributed by atoms with E-state index in [0.29, 0.717) is 12.5 Å². The average molecular weight is 140 g/mol. The van der Waals surface area contributed by atoms with Crippen molar-refractivity contribution in [1.82, 2.24) is 0 Å². The van der Waals surface area contributed by atoms with E-state index in [1.54, 1.807) is 0 Å². The maximum Gasteiger partial charge on any atom is 0.107 e. The Morgan fingerprint density at radius 2 is 2.00 bits per heavy atom. The zero-order chi connectivity index (χ0) is 7.82. The van der Waals surface area contributed by atoms with Crippen LogP contribution in [0.25, 0.3) is 0 Å². The molecule has 0 aliphatic carbocycles. The summed E-state index contributed by atoms with van der Waals surface area (Å²) < 4.78 is 5.22. The normalized spacial score (nSPS) is 9.20. The predicted molar refractivity (Wildman–Crippen MR) is 43.7 cm³/mol. The zero-order valence-electron chi connectivity index (χ0n) is 7.11. The summed E-state index contributed by atoms with van der Waals surface area (Å²) in [4.78, 5) is 0. The number of rotatable bonds is 3. The fraction of sp³-hybridized carbons (Fsp3) is 0.778. The summed E-state index contributed by atoms with van der Waals surface area (Å²) in [5.74, 6) is 6.48. The van der Waals surface area contributed by atoms with Crippen LogP contribution in [0.5, 0.6) is 0 Å². The Labute approximate surface area is 63.8 Å². The van der Waals surface area contributed by atoms with Gasteiger partial charge in [-0.3, -0.25) is 0 Å². The predicted octanol–water partition coefficient (Wildman–Crippen LogP) is 2.07. The van der Waals surface area contributed by atoms with Crippen molar-refractivity contribution in [2.24, 2.45) is 5.92 Å². The van der Waals surface area contributed by atoms with Gasteiger partial charge in [0.15, 0.2) is 0 Å². The van der Waals surface area contributed by atoms with Crippen LogP contribution in [-0.2, 0) is 4.74 Å². The lowest BCUT2D eigenvalue weighted by Crippen LogP contribution is -2.01. The maximum absolute atomic E-state index is 5.22. The SMILES string of the molecule is CCC#CCOCC(C)C. The lowest BCUT2D eigenvalue weighted by molar-refractivity contribution is 0.139. The first kappa shape index (κ1) is 9.52. The van der Waals surface area contributed by atoms with E-state index in [1.165, 1.54) is 0 Å². The topological polar surface area (TPSA) is 9.23 Å². The largest absolute Gasteiger partial charge is 0.369 e. The van der Waals surface area contributed by atoms with Gasteiger partial charge in [-0.25, -0.2) is 0 Å². The van der Waals surface area contributed by atoms with Gasteiger partial charge < -0.3 is 4.74 Å². The summed E-state index contributed by atoms with van der Waals surface area (Å²) in [6, 6.07) is 0. The van der Waals surface area contributed by atoms with E-state index in [4.69, 9.17) is 4.74 Å². The highest BCUT2D eigenvalue weighted by Crippen LogP contribution is 1.90. The summed E-state index contributed by atoms with van der Waals surface area (Å²) in [6.07, 6.45) is 0.922. The monoisotopic (exact) mass is 140 g/mol. The van der Waals surface area contributed by atoms with E-state index in [9.17, 15) is 0 Å². The Hall–Kier alpha value is -0.480. The number of hydrogen-bond donors (Lipinski definition) is 0. The molecule has 1 nitrogen and oxygen atoms in total. The third-order valence-electron chi connectivity index (χ3n) is 0.927. The van der Waals surface area contributed by atoms with E-state index in [2.05, 4.69) is 25.7 Å². The van der Waals surface area contributed by atoms with Gasteiger partial charge in [0, 0.05) is 6.42 Å². The zero-order valence-corrected chi connectivity index (χ0v) is 7.11. The Bertz CT molecular complexity index is 116. The summed E-state index contributed by atoms with van der Waals surface area (Å²) >= 11 is 0. The average Bonchev–Trinajstić information content (AvgIpc) is 1.87. The maximum atomic E-state index is 5.22. The minimum Gasteiger partial charge on any atom is -0.369 e. The molecule has 0 amide bonds. The molecule has 0 saturated heterocycles. The van der Waals surface area contributed by atoms with Crippen molar-refractivity contribution in [3.8, 4) is 11.8 Å². The first-order valence-corrected chi connectivity index (χ1v) is 3.80. The molecule has 1 heteroatoms. The van der Waals surface area contributed by atoms with Gasteiger partial charge in [-0.1, -0.05) is 26.7 Å². The summed E-state index contributed by atoms with van der Waals surface area (Å²) in [6.45, 7) is 7.71. The van der Waals surface area contributed by atoms with Crippen LogP contribution in [0.4, 0.5) is 0 Å². The van der Waals surface area contributed by atoms with Crippen LogP contribution in [0.15, 0.2) is 0 Å². The van der Waals surface area contributed by atoms with Crippen LogP contribution in [0.1, 0.15) is 27.2 Å². The molecule has 0 aromatic rings. The smallest absolute Gasteiger partial charge is 0.107 e. The van der Waals surface area contributed by atoms with Crippen LogP contribution in [0, 0.1) is 17.8 Å². The minimum absolute atomic E-state index is 0.589. The van der Waals surface area contributed by atoms with E-state index in [-0.39, 0.29) is 0 Å². The van der Waals surface area contributed by atoms with Crippen molar-refractivity contribution >= 4 is 0 Å². The minimum atomic E-state index is 0.589. The van der Waals surface area contributed by atoms with Gasteiger partial charge in [-0.05, 0) is 5.92 Å². The molecule has 0 fully saturated rings.